The molecule has 32 heavy (non-hydrogen) atoms. The van der Waals surface area contributed by atoms with Gasteiger partial charge in [-0.1, -0.05) is 18.2 Å². The summed E-state index contributed by atoms with van der Waals surface area (Å²) in [6.07, 6.45) is 1.80. The summed E-state index contributed by atoms with van der Waals surface area (Å²) >= 11 is 4.85. The van der Waals surface area contributed by atoms with Crippen molar-refractivity contribution < 1.29 is 19.1 Å². The van der Waals surface area contributed by atoms with Gasteiger partial charge in [-0.05, 0) is 77.4 Å². The van der Waals surface area contributed by atoms with Crippen molar-refractivity contribution in [2.45, 2.75) is 13.8 Å². The standard InChI is InChI=1S/C23H24BrN3O4S/c1-4-25-23-27(5-2)22(29)19(32-23)13-15-11-17(24)21(18(12-15)30-3)31-14-20(28)26-16-9-7-6-8-10-16/h6-13H,4-5,14H2,1-3H3,(H,26,28)/b19-13-,25-23?. The van der Waals surface area contributed by atoms with Gasteiger partial charge in [-0.3, -0.25) is 19.5 Å². The number of amidine groups is 1. The number of hydrogen-bond donors (Lipinski definition) is 1. The fourth-order valence-corrected chi connectivity index (χ4v) is 4.69. The van der Waals surface area contributed by atoms with Crippen molar-refractivity contribution in [3.8, 4) is 11.5 Å². The molecule has 7 nitrogen and oxygen atoms in total. The number of carbonyl (C=O) groups is 2. The number of amides is 2. The van der Waals surface area contributed by atoms with E-state index in [2.05, 4.69) is 26.2 Å². The number of rotatable bonds is 8. The van der Waals surface area contributed by atoms with Crippen LogP contribution < -0.4 is 14.8 Å². The molecule has 0 aromatic heterocycles. The molecule has 1 fully saturated rings. The Bertz CT molecular complexity index is 1060. The van der Waals surface area contributed by atoms with Gasteiger partial charge >= 0.3 is 0 Å². The number of thioether (sulfide) groups is 1. The van der Waals surface area contributed by atoms with E-state index in [0.29, 0.717) is 44.8 Å². The largest absolute Gasteiger partial charge is 0.493 e. The van der Waals surface area contributed by atoms with Crippen LogP contribution in [0.1, 0.15) is 19.4 Å². The maximum Gasteiger partial charge on any atom is 0.266 e. The number of para-hydroxylation sites is 1. The lowest BCUT2D eigenvalue weighted by Crippen LogP contribution is -2.28. The Hall–Kier alpha value is -2.78. The highest BCUT2D eigenvalue weighted by atomic mass is 79.9. The minimum absolute atomic E-state index is 0.0716. The lowest BCUT2D eigenvalue weighted by molar-refractivity contribution is -0.122. The smallest absolute Gasteiger partial charge is 0.266 e. The number of carbonyl (C=O) groups excluding carboxylic acids is 2. The molecule has 0 saturated carbocycles. The number of ether oxygens (including phenoxy) is 2. The minimum Gasteiger partial charge on any atom is -0.493 e. The average molecular weight is 518 g/mol. The van der Waals surface area contributed by atoms with Crippen molar-refractivity contribution >= 4 is 56.4 Å². The first-order chi connectivity index (χ1) is 15.5. The topological polar surface area (TPSA) is 80.2 Å². The first-order valence-corrected chi connectivity index (χ1v) is 11.7. The number of halogens is 1. The lowest BCUT2D eigenvalue weighted by atomic mass is 10.2. The molecule has 0 radical (unpaired) electrons. The highest BCUT2D eigenvalue weighted by molar-refractivity contribution is 9.10. The van der Waals surface area contributed by atoms with Gasteiger partial charge in [-0.25, -0.2) is 0 Å². The van der Waals surface area contributed by atoms with E-state index < -0.39 is 0 Å². The number of aliphatic imine (C=N–C) groups is 1. The number of hydrogen-bond acceptors (Lipinski definition) is 6. The Balaban J connectivity index is 1.76. The highest BCUT2D eigenvalue weighted by Gasteiger charge is 2.32. The molecule has 3 rings (SSSR count). The van der Waals surface area contributed by atoms with Gasteiger partial charge in [0.05, 0.1) is 16.5 Å². The van der Waals surface area contributed by atoms with Gasteiger partial charge in [0.1, 0.15) is 0 Å². The summed E-state index contributed by atoms with van der Waals surface area (Å²) in [4.78, 5) is 31.6. The predicted molar refractivity (Wildman–Crippen MR) is 132 cm³/mol. The van der Waals surface area contributed by atoms with Crippen molar-refractivity contribution in [2.24, 2.45) is 4.99 Å². The van der Waals surface area contributed by atoms with Gasteiger partial charge in [-0.2, -0.15) is 0 Å². The Morgan fingerprint density at radius 2 is 2.00 bits per heavy atom. The van der Waals surface area contributed by atoms with Crippen LogP contribution in [0.5, 0.6) is 11.5 Å². The molecule has 0 aliphatic carbocycles. The van der Waals surface area contributed by atoms with Crippen molar-refractivity contribution in [1.82, 2.24) is 4.90 Å². The lowest BCUT2D eigenvalue weighted by Gasteiger charge is -2.14. The molecule has 1 N–H and O–H groups in total. The summed E-state index contributed by atoms with van der Waals surface area (Å²) in [5.41, 5.74) is 1.46. The van der Waals surface area contributed by atoms with Gasteiger partial charge in [-0.15, -0.1) is 0 Å². The number of methoxy groups -OCH3 is 1. The van der Waals surface area contributed by atoms with E-state index in [9.17, 15) is 9.59 Å². The van der Waals surface area contributed by atoms with Crippen LogP contribution >= 0.6 is 27.7 Å². The summed E-state index contributed by atoms with van der Waals surface area (Å²) in [7, 11) is 1.52. The van der Waals surface area contributed by atoms with Crippen molar-refractivity contribution in [3.63, 3.8) is 0 Å². The third-order valence-corrected chi connectivity index (χ3v) is 6.09. The van der Waals surface area contributed by atoms with Crippen molar-refractivity contribution in [1.29, 1.82) is 0 Å². The third kappa shape index (κ3) is 5.72. The van der Waals surface area contributed by atoms with E-state index in [4.69, 9.17) is 9.47 Å². The van der Waals surface area contributed by atoms with Gasteiger partial charge in [0, 0.05) is 18.8 Å². The Morgan fingerprint density at radius 1 is 1.25 bits per heavy atom. The fourth-order valence-electron chi connectivity index (χ4n) is 3.01. The summed E-state index contributed by atoms with van der Waals surface area (Å²) in [5, 5.41) is 3.48. The molecule has 0 atom stereocenters. The van der Waals surface area contributed by atoms with Crippen LogP contribution in [0.4, 0.5) is 5.69 Å². The molecule has 0 spiro atoms. The van der Waals surface area contributed by atoms with E-state index in [1.165, 1.54) is 18.9 Å². The fraction of sp³-hybridized carbons (Fsp3) is 0.261. The number of nitrogens with zero attached hydrogens (tertiary/aromatic N) is 2. The molecule has 0 bridgehead atoms. The van der Waals surface area contributed by atoms with Crippen LogP contribution in [0.2, 0.25) is 0 Å². The van der Waals surface area contributed by atoms with Gasteiger partial charge in [0.25, 0.3) is 11.8 Å². The molecular formula is C23H24BrN3O4S. The van der Waals surface area contributed by atoms with E-state index in [-0.39, 0.29) is 18.4 Å². The van der Waals surface area contributed by atoms with Crippen LogP contribution in [0.25, 0.3) is 6.08 Å². The van der Waals surface area contributed by atoms with Crippen LogP contribution in [-0.2, 0) is 9.59 Å². The molecule has 2 aromatic carbocycles. The zero-order valence-corrected chi connectivity index (χ0v) is 20.5. The van der Waals surface area contributed by atoms with Crippen molar-refractivity contribution in [2.75, 3.05) is 32.1 Å². The molecule has 2 amide bonds. The van der Waals surface area contributed by atoms with E-state index in [1.54, 1.807) is 29.2 Å². The Kier molecular flexibility index (Phi) is 8.35. The van der Waals surface area contributed by atoms with Crippen LogP contribution in [-0.4, -0.2) is 48.7 Å². The van der Waals surface area contributed by atoms with Crippen molar-refractivity contribution in [3.05, 3.63) is 57.4 Å². The molecule has 9 heteroatoms. The number of benzene rings is 2. The molecule has 2 aromatic rings. The van der Waals surface area contributed by atoms with E-state index in [0.717, 1.165) is 5.56 Å². The molecule has 1 saturated heterocycles. The maximum absolute atomic E-state index is 12.7. The Labute approximate surface area is 200 Å². The van der Waals surface area contributed by atoms with E-state index in [1.807, 2.05) is 38.1 Å². The highest BCUT2D eigenvalue weighted by Crippen LogP contribution is 2.39. The first kappa shape index (κ1) is 23.9. The SMILES string of the molecule is CCN=C1S/C(=C\c2cc(Br)c(OCC(=O)Nc3ccccc3)c(OC)c2)C(=O)N1CC. The summed E-state index contributed by atoms with van der Waals surface area (Å²) in [6, 6.07) is 12.7. The summed E-state index contributed by atoms with van der Waals surface area (Å²) in [5.74, 6) is 0.500. The molecule has 1 aliphatic rings. The predicted octanol–water partition coefficient (Wildman–Crippen LogP) is 4.79. The Morgan fingerprint density at radius 3 is 2.66 bits per heavy atom. The number of nitrogens with one attached hydrogen (secondary N) is 1. The monoisotopic (exact) mass is 517 g/mol. The van der Waals surface area contributed by atoms with Crippen LogP contribution in [0, 0.1) is 0 Å². The number of likely N-dealkylation sites (N-methyl/N-ethyl adjacent to an activating group) is 1. The zero-order chi connectivity index (χ0) is 23.1. The normalized spacial score (nSPS) is 16.0. The minimum atomic E-state index is -0.285. The second kappa shape index (κ2) is 11.2. The van der Waals surface area contributed by atoms with E-state index >= 15 is 0 Å². The van der Waals surface area contributed by atoms with Gasteiger partial charge < -0.3 is 14.8 Å². The zero-order valence-electron chi connectivity index (χ0n) is 18.1. The molecule has 1 heterocycles. The average Bonchev–Trinajstić information content (AvgIpc) is 3.07. The summed E-state index contributed by atoms with van der Waals surface area (Å²) in [6.45, 7) is 4.86. The van der Waals surface area contributed by atoms with Crippen LogP contribution in [0.15, 0.2) is 56.8 Å². The quantitative estimate of drug-likeness (QED) is 0.509. The second-order valence-electron chi connectivity index (χ2n) is 6.65. The third-order valence-electron chi connectivity index (χ3n) is 4.45. The molecule has 1 aliphatic heterocycles. The first-order valence-electron chi connectivity index (χ1n) is 10.1. The van der Waals surface area contributed by atoms with Gasteiger partial charge in [0.2, 0.25) is 0 Å². The van der Waals surface area contributed by atoms with Gasteiger partial charge in [0.15, 0.2) is 23.3 Å². The summed E-state index contributed by atoms with van der Waals surface area (Å²) < 4.78 is 11.8. The molecule has 0 unspecified atom stereocenters. The number of anilines is 1. The van der Waals surface area contributed by atoms with Crippen LogP contribution in [0.3, 0.4) is 0 Å². The molecular weight excluding hydrogens is 494 g/mol. The maximum atomic E-state index is 12.7. The second-order valence-corrected chi connectivity index (χ2v) is 8.52. The molecule has 168 valence electrons.